The molecule has 1 heterocycles. The van der Waals surface area contributed by atoms with Gasteiger partial charge in [-0.3, -0.25) is 0 Å². The van der Waals surface area contributed by atoms with Crippen molar-refractivity contribution in [2.45, 2.75) is 6.61 Å². The topological polar surface area (TPSA) is 9.23 Å². The fourth-order valence-corrected chi connectivity index (χ4v) is 2.74. The Labute approximate surface area is 117 Å². The molecule has 0 saturated heterocycles. The third-order valence-electron chi connectivity index (χ3n) is 2.86. The van der Waals surface area contributed by atoms with E-state index in [1.807, 2.05) is 30.3 Å². The zero-order valence-electron chi connectivity index (χ0n) is 10.5. The zero-order valence-corrected chi connectivity index (χ0v) is 11.3. The van der Waals surface area contributed by atoms with Gasteiger partial charge in [0, 0.05) is 4.88 Å². The van der Waals surface area contributed by atoms with E-state index in [4.69, 9.17) is 4.74 Å². The summed E-state index contributed by atoms with van der Waals surface area (Å²) >= 11 is 1.68. The SMILES string of the molecule is c1ccc(COc2ccc(-c3ccccc3)s2)cc1. The van der Waals surface area contributed by atoms with Crippen molar-refractivity contribution in [3.63, 3.8) is 0 Å². The van der Waals surface area contributed by atoms with Crippen molar-refractivity contribution in [3.05, 3.63) is 78.4 Å². The molecule has 3 rings (SSSR count). The molecule has 0 saturated carbocycles. The molecule has 0 unspecified atom stereocenters. The summed E-state index contributed by atoms with van der Waals surface area (Å²) in [7, 11) is 0. The average molecular weight is 266 g/mol. The van der Waals surface area contributed by atoms with Gasteiger partial charge in [0.1, 0.15) is 6.61 Å². The van der Waals surface area contributed by atoms with Gasteiger partial charge in [-0.15, -0.1) is 0 Å². The fourth-order valence-electron chi connectivity index (χ4n) is 1.88. The summed E-state index contributed by atoms with van der Waals surface area (Å²) in [4.78, 5) is 1.24. The number of hydrogen-bond donors (Lipinski definition) is 0. The lowest BCUT2D eigenvalue weighted by Gasteiger charge is -2.02. The van der Waals surface area contributed by atoms with Crippen LogP contribution in [0.5, 0.6) is 5.06 Å². The lowest BCUT2D eigenvalue weighted by molar-refractivity contribution is 0.315. The fraction of sp³-hybridized carbons (Fsp3) is 0.0588. The first-order valence-corrected chi connectivity index (χ1v) is 7.05. The lowest BCUT2D eigenvalue weighted by atomic mass is 10.2. The second-order valence-corrected chi connectivity index (χ2v) is 5.31. The second kappa shape index (κ2) is 5.72. The maximum atomic E-state index is 5.81. The van der Waals surface area contributed by atoms with E-state index in [2.05, 4.69) is 42.5 Å². The molecule has 0 atom stereocenters. The zero-order chi connectivity index (χ0) is 12.9. The predicted molar refractivity (Wildman–Crippen MR) is 80.5 cm³/mol. The molecule has 1 nitrogen and oxygen atoms in total. The van der Waals surface area contributed by atoms with Crippen LogP contribution in [0.15, 0.2) is 72.8 Å². The van der Waals surface area contributed by atoms with Crippen LogP contribution in [0.2, 0.25) is 0 Å². The Morgan fingerprint density at radius 3 is 2.16 bits per heavy atom. The number of thiophene rings is 1. The van der Waals surface area contributed by atoms with E-state index in [0.29, 0.717) is 6.61 Å². The molecule has 94 valence electrons. The van der Waals surface area contributed by atoms with Gasteiger partial charge in [0.2, 0.25) is 0 Å². The Balaban J connectivity index is 1.69. The van der Waals surface area contributed by atoms with Gasteiger partial charge < -0.3 is 4.74 Å². The van der Waals surface area contributed by atoms with Crippen molar-refractivity contribution >= 4 is 11.3 Å². The highest BCUT2D eigenvalue weighted by atomic mass is 32.1. The van der Waals surface area contributed by atoms with Crippen LogP contribution in [-0.4, -0.2) is 0 Å². The molecule has 0 bridgehead atoms. The Morgan fingerprint density at radius 2 is 1.42 bits per heavy atom. The van der Waals surface area contributed by atoms with Gasteiger partial charge >= 0.3 is 0 Å². The molecular formula is C17H14OS. The third kappa shape index (κ3) is 3.04. The second-order valence-electron chi connectivity index (χ2n) is 4.26. The smallest absolute Gasteiger partial charge is 0.174 e. The number of hydrogen-bond acceptors (Lipinski definition) is 2. The van der Waals surface area contributed by atoms with E-state index in [1.54, 1.807) is 11.3 Å². The summed E-state index contributed by atoms with van der Waals surface area (Å²) in [6.07, 6.45) is 0. The highest BCUT2D eigenvalue weighted by Crippen LogP contribution is 2.33. The van der Waals surface area contributed by atoms with Crippen LogP contribution in [0.25, 0.3) is 10.4 Å². The molecular weight excluding hydrogens is 252 g/mol. The van der Waals surface area contributed by atoms with E-state index >= 15 is 0 Å². The Morgan fingerprint density at radius 1 is 0.737 bits per heavy atom. The predicted octanol–water partition coefficient (Wildman–Crippen LogP) is 4.99. The van der Waals surface area contributed by atoms with Crippen LogP contribution >= 0.6 is 11.3 Å². The molecule has 0 radical (unpaired) electrons. The van der Waals surface area contributed by atoms with Gasteiger partial charge in [0.15, 0.2) is 5.06 Å². The Bertz CT molecular complexity index is 629. The number of ether oxygens (including phenoxy) is 1. The summed E-state index contributed by atoms with van der Waals surface area (Å²) in [5.41, 5.74) is 2.43. The van der Waals surface area contributed by atoms with E-state index in [0.717, 1.165) is 5.06 Å². The molecule has 19 heavy (non-hydrogen) atoms. The Hall–Kier alpha value is -2.06. The third-order valence-corrected chi connectivity index (χ3v) is 3.91. The maximum Gasteiger partial charge on any atom is 0.174 e. The van der Waals surface area contributed by atoms with Crippen LogP contribution in [0.3, 0.4) is 0 Å². The minimum absolute atomic E-state index is 0.621. The van der Waals surface area contributed by atoms with Crippen molar-refractivity contribution in [3.8, 4) is 15.5 Å². The van der Waals surface area contributed by atoms with Gasteiger partial charge in [-0.1, -0.05) is 72.0 Å². The molecule has 0 aliphatic carbocycles. The molecule has 0 aliphatic heterocycles. The average Bonchev–Trinajstić information content (AvgIpc) is 2.96. The van der Waals surface area contributed by atoms with Gasteiger partial charge in [-0.2, -0.15) is 0 Å². The van der Waals surface area contributed by atoms with Crippen LogP contribution in [0.1, 0.15) is 5.56 Å². The van der Waals surface area contributed by atoms with E-state index in [9.17, 15) is 0 Å². The molecule has 3 aromatic rings. The van der Waals surface area contributed by atoms with Gasteiger partial charge in [0.25, 0.3) is 0 Å². The summed E-state index contributed by atoms with van der Waals surface area (Å²) in [5.74, 6) is 0. The van der Waals surface area contributed by atoms with Crippen LogP contribution in [-0.2, 0) is 6.61 Å². The molecule has 0 spiro atoms. The number of rotatable bonds is 4. The largest absolute Gasteiger partial charge is 0.479 e. The first-order valence-electron chi connectivity index (χ1n) is 6.24. The van der Waals surface area contributed by atoms with E-state index in [-0.39, 0.29) is 0 Å². The first-order chi connectivity index (χ1) is 9.42. The quantitative estimate of drug-likeness (QED) is 0.646. The molecule has 0 fully saturated rings. The van der Waals surface area contributed by atoms with Crippen molar-refractivity contribution in [1.29, 1.82) is 0 Å². The molecule has 0 N–H and O–H groups in total. The Kier molecular flexibility index (Phi) is 3.61. The summed E-state index contributed by atoms with van der Waals surface area (Å²) in [6, 6.07) is 24.8. The maximum absolute atomic E-state index is 5.81. The van der Waals surface area contributed by atoms with Crippen molar-refractivity contribution < 1.29 is 4.74 Å². The van der Waals surface area contributed by atoms with Crippen molar-refractivity contribution in [2.75, 3.05) is 0 Å². The minimum Gasteiger partial charge on any atom is -0.479 e. The molecule has 2 heteroatoms. The lowest BCUT2D eigenvalue weighted by Crippen LogP contribution is -1.92. The normalized spacial score (nSPS) is 10.3. The van der Waals surface area contributed by atoms with E-state index < -0.39 is 0 Å². The minimum atomic E-state index is 0.621. The summed E-state index contributed by atoms with van der Waals surface area (Å²) in [6.45, 7) is 0.621. The molecule has 1 aromatic heterocycles. The summed E-state index contributed by atoms with van der Waals surface area (Å²) < 4.78 is 5.81. The highest BCUT2D eigenvalue weighted by molar-refractivity contribution is 7.17. The number of benzene rings is 2. The van der Waals surface area contributed by atoms with Gasteiger partial charge in [0.05, 0.1) is 0 Å². The molecule has 0 aliphatic rings. The van der Waals surface area contributed by atoms with Crippen molar-refractivity contribution in [2.24, 2.45) is 0 Å². The standard InChI is InChI=1S/C17H14OS/c1-3-7-14(8-4-1)13-18-17-12-11-16(19-17)15-9-5-2-6-10-15/h1-12H,13H2. The molecule has 0 amide bonds. The highest BCUT2D eigenvalue weighted by Gasteiger charge is 2.03. The van der Waals surface area contributed by atoms with Gasteiger partial charge in [-0.05, 0) is 23.3 Å². The van der Waals surface area contributed by atoms with Gasteiger partial charge in [-0.25, -0.2) is 0 Å². The molecule has 2 aromatic carbocycles. The van der Waals surface area contributed by atoms with Crippen LogP contribution in [0, 0.1) is 0 Å². The first kappa shape index (κ1) is 12.0. The summed E-state index contributed by atoms with van der Waals surface area (Å²) in [5, 5.41) is 0.961. The van der Waals surface area contributed by atoms with Crippen LogP contribution < -0.4 is 4.74 Å². The van der Waals surface area contributed by atoms with E-state index in [1.165, 1.54) is 16.0 Å². The van der Waals surface area contributed by atoms with Crippen LogP contribution in [0.4, 0.5) is 0 Å². The monoisotopic (exact) mass is 266 g/mol. The van der Waals surface area contributed by atoms with Crippen molar-refractivity contribution in [1.82, 2.24) is 0 Å².